The van der Waals surface area contributed by atoms with Crippen LogP contribution in [0, 0.1) is 17.8 Å². The van der Waals surface area contributed by atoms with Gasteiger partial charge in [-0.1, -0.05) is 26.5 Å². The lowest BCUT2D eigenvalue weighted by Gasteiger charge is -2.38. The zero-order valence-electron chi connectivity index (χ0n) is 10.3. The Hall–Kier alpha value is -1.52. The molecule has 17 heavy (non-hydrogen) atoms. The Balaban J connectivity index is 2.61. The summed E-state index contributed by atoms with van der Waals surface area (Å²) in [6.45, 7) is 8.21. The first kappa shape index (κ1) is 13.5. The van der Waals surface area contributed by atoms with Crippen molar-refractivity contribution in [3.8, 4) is 0 Å². The Morgan fingerprint density at radius 1 is 1.41 bits per heavy atom. The van der Waals surface area contributed by atoms with Crippen LogP contribution in [-0.4, -0.2) is 41.8 Å². The first-order chi connectivity index (χ1) is 7.97. The minimum atomic E-state index is -0.788. The maximum Gasteiger partial charge on any atom is 0.410 e. The summed E-state index contributed by atoms with van der Waals surface area (Å²) in [6, 6.07) is 0. The van der Waals surface area contributed by atoms with Gasteiger partial charge in [0.2, 0.25) is 0 Å². The van der Waals surface area contributed by atoms with E-state index in [1.807, 2.05) is 13.8 Å². The molecule has 1 aliphatic rings. The van der Waals surface area contributed by atoms with E-state index in [0.29, 0.717) is 13.1 Å². The summed E-state index contributed by atoms with van der Waals surface area (Å²) < 4.78 is 4.94. The third kappa shape index (κ3) is 3.22. The van der Waals surface area contributed by atoms with Gasteiger partial charge in [0.1, 0.15) is 6.61 Å². The summed E-state index contributed by atoms with van der Waals surface area (Å²) in [7, 11) is 0. The molecule has 0 radical (unpaired) electrons. The number of hydrogen-bond donors (Lipinski definition) is 1. The number of amides is 1. The molecule has 2 atom stereocenters. The molecule has 5 heteroatoms. The monoisotopic (exact) mass is 241 g/mol. The van der Waals surface area contributed by atoms with Crippen molar-refractivity contribution in [1.29, 1.82) is 0 Å². The molecule has 0 bridgehead atoms. The van der Waals surface area contributed by atoms with Crippen molar-refractivity contribution in [2.24, 2.45) is 17.8 Å². The van der Waals surface area contributed by atoms with Crippen LogP contribution in [0.2, 0.25) is 0 Å². The summed E-state index contributed by atoms with van der Waals surface area (Å²) in [5.74, 6) is -1.30. The van der Waals surface area contributed by atoms with E-state index in [1.165, 1.54) is 6.08 Å². The highest BCUT2D eigenvalue weighted by Crippen LogP contribution is 2.28. The van der Waals surface area contributed by atoms with Crippen molar-refractivity contribution >= 4 is 12.1 Å². The van der Waals surface area contributed by atoms with Gasteiger partial charge >= 0.3 is 12.1 Å². The minimum absolute atomic E-state index is 0.0625. The first-order valence-electron chi connectivity index (χ1n) is 5.72. The molecule has 0 aliphatic carbocycles. The quantitative estimate of drug-likeness (QED) is 0.762. The second-order valence-corrected chi connectivity index (χ2v) is 4.59. The standard InChI is InChI=1S/C12H19NO4/c1-4-5-17-12(16)13-6-8(2)10(11(14)15)9(3)7-13/h4,8-10H,1,5-7H2,2-3H3,(H,14,15). The number of likely N-dealkylation sites (tertiary alicyclic amines) is 1. The molecule has 1 amide bonds. The van der Waals surface area contributed by atoms with Crippen LogP contribution in [0.4, 0.5) is 4.79 Å². The van der Waals surface area contributed by atoms with Gasteiger partial charge in [-0.05, 0) is 11.8 Å². The lowest BCUT2D eigenvalue weighted by molar-refractivity contribution is -0.147. The van der Waals surface area contributed by atoms with E-state index in [-0.39, 0.29) is 18.4 Å². The molecule has 0 aromatic heterocycles. The van der Waals surface area contributed by atoms with Crippen LogP contribution in [0.15, 0.2) is 12.7 Å². The number of aliphatic carboxylic acids is 1. The highest BCUT2D eigenvalue weighted by Gasteiger charge is 2.38. The van der Waals surface area contributed by atoms with Crippen molar-refractivity contribution < 1.29 is 19.4 Å². The lowest BCUT2D eigenvalue weighted by Crippen LogP contribution is -2.49. The Labute approximate surface area is 101 Å². The summed E-state index contributed by atoms with van der Waals surface area (Å²) in [6.07, 6.45) is 1.11. The van der Waals surface area contributed by atoms with Crippen molar-refractivity contribution in [3.05, 3.63) is 12.7 Å². The summed E-state index contributed by atoms with van der Waals surface area (Å²) in [5, 5.41) is 9.10. The van der Waals surface area contributed by atoms with E-state index in [4.69, 9.17) is 9.84 Å². The van der Waals surface area contributed by atoms with Crippen LogP contribution < -0.4 is 0 Å². The number of rotatable bonds is 3. The van der Waals surface area contributed by atoms with Gasteiger partial charge in [-0.3, -0.25) is 4.79 Å². The number of hydrogen-bond acceptors (Lipinski definition) is 3. The molecule has 96 valence electrons. The number of carboxylic acids is 1. The lowest BCUT2D eigenvalue weighted by atomic mass is 9.80. The van der Waals surface area contributed by atoms with E-state index in [0.717, 1.165) is 0 Å². The molecule has 1 fully saturated rings. The van der Waals surface area contributed by atoms with Crippen LogP contribution in [-0.2, 0) is 9.53 Å². The molecular formula is C12H19NO4. The Morgan fingerprint density at radius 3 is 2.35 bits per heavy atom. The third-order valence-electron chi connectivity index (χ3n) is 3.11. The second kappa shape index (κ2) is 5.70. The molecule has 0 spiro atoms. The number of carbonyl (C=O) groups is 2. The zero-order valence-corrected chi connectivity index (χ0v) is 10.3. The molecule has 1 rings (SSSR count). The number of ether oxygens (including phenoxy) is 1. The molecule has 1 saturated heterocycles. The van der Waals surface area contributed by atoms with Gasteiger partial charge in [-0.15, -0.1) is 0 Å². The highest BCUT2D eigenvalue weighted by molar-refractivity contribution is 5.72. The van der Waals surface area contributed by atoms with Crippen molar-refractivity contribution in [3.63, 3.8) is 0 Å². The molecule has 2 unspecified atom stereocenters. The summed E-state index contributed by atoms with van der Waals surface area (Å²) in [4.78, 5) is 24.3. The topological polar surface area (TPSA) is 66.8 Å². The van der Waals surface area contributed by atoms with E-state index in [1.54, 1.807) is 4.90 Å². The van der Waals surface area contributed by atoms with Gasteiger partial charge in [0.05, 0.1) is 5.92 Å². The number of carboxylic acid groups (broad SMARTS) is 1. The predicted octanol–water partition coefficient (Wildman–Crippen LogP) is 1.60. The van der Waals surface area contributed by atoms with Crippen molar-refractivity contribution in [1.82, 2.24) is 4.90 Å². The Kier molecular flexibility index (Phi) is 4.54. The smallest absolute Gasteiger partial charge is 0.410 e. The van der Waals surface area contributed by atoms with Crippen molar-refractivity contribution in [2.75, 3.05) is 19.7 Å². The maximum absolute atomic E-state index is 11.6. The van der Waals surface area contributed by atoms with E-state index >= 15 is 0 Å². The first-order valence-corrected chi connectivity index (χ1v) is 5.72. The zero-order chi connectivity index (χ0) is 13.0. The molecule has 0 aromatic carbocycles. The number of carbonyl (C=O) groups excluding carboxylic acids is 1. The molecular weight excluding hydrogens is 222 g/mol. The van der Waals surface area contributed by atoms with E-state index in [9.17, 15) is 9.59 Å². The summed E-state index contributed by atoms with van der Waals surface area (Å²) in [5.41, 5.74) is 0. The molecule has 1 N–H and O–H groups in total. The fourth-order valence-corrected chi connectivity index (χ4v) is 2.42. The fraction of sp³-hybridized carbons (Fsp3) is 0.667. The Morgan fingerprint density at radius 2 is 1.94 bits per heavy atom. The van der Waals surface area contributed by atoms with E-state index in [2.05, 4.69) is 6.58 Å². The van der Waals surface area contributed by atoms with Crippen LogP contribution >= 0.6 is 0 Å². The molecule has 5 nitrogen and oxygen atoms in total. The molecule has 1 heterocycles. The average Bonchev–Trinajstić information content (AvgIpc) is 2.24. The SMILES string of the molecule is C=CCOC(=O)N1CC(C)C(C(=O)O)C(C)C1. The minimum Gasteiger partial charge on any atom is -0.481 e. The predicted molar refractivity (Wildman–Crippen MR) is 62.6 cm³/mol. The molecule has 0 aromatic rings. The normalized spacial score (nSPS) is 28.6. The number of nitrogens with zero attached hydrogens (tertiary/aromatic N) is 1. The van der Waals surface area contributed by atoms with Gasteiger partial charge in [0.25, 0.3) is 0 Å². The fourth-order valence-electron chi connectivity index (χ4n) is 2.42. The van der Waals surface area contributed by atoms with Gasteiger partial charge in [0, 0.05) is 13.1 Å². The maximum atomic E-state index is 11.6. The molecule has 1 aliphatic heterocycles. The third-order valence-corrected chi connectivity index (χ3v) is 3.11. The van der Waals surface area contributed by atoms with Gasteiger partial charge in [0.15, 0.2) is 0 Å². The van der Waals surface area contributed by atoms with Gasteiger partial charge in [-0.2, -0.15) is 0 Å². The second-order valence-electron chi connectivity index (χ2n) is 4.59. The van der Waals surface area contributed by atoms with Crippen LogP contribution in [0.1, 0.15) is 13.8 Å². The highest BCUT2D eigenvalue weighted by atomic mass is 16.6. The van der Waals surface area contributed by atoms with Gasteiger partial charge < -0.3 is 14.7 Å². The van der Waals surface area contributed by atoms with Crippen LogP contribution in [0.25, 0.3) is 0 Å². The van der Waals surface area contributed by atoms with Crippen molar-refractivity contribution in [2.45, 2.75) is 13.8 Å². The van der Waals surface area contributed by atoms with Gasteiger partial charge in [-0.25, -0.2) is 4.79 Å². The van der Waals surface area contributed by atoms with Crippen LogP contribution in [0.5, 0.6) is 0 Å². The van der Waals surface area contributed by atoms with E-state index < -0.39 is 18.0 Å². The number of piperidine rings is 1. The van der Waals surface area contributed by atoms with Crippen LogP contribution in [0.3, 0.4) is 0 Å². The average molecular weight is 241 g/mol. The Bertz CT molecular complexity index is 304. The summed E-state index contributed by atoms with van der Waals surface area (Å²) >= 11 is 0. The molecule has 0 saturated carbocycles. The largest absolute Gasteiger partial charge is 0.481 e.